The number of aliphatic hydroxyl groups excluding tert-OH is 3. The van der Waals surface area contributed by atoms with Crippen LogP contribution in [-0.2, 0) is 4.79 Å². The Morgan fingerprint density at radius 2 is 1.72 bits per heavy atom. The summed E-state index contributed by atoms with van der Waals surface area (Å²) in [5.41, 5.74) is 0.301. The quantitative estimate of drug-likeness (QED) is 0.515. The van der Waals surface area contributed by atoms with Crippen molar-refractivity contribution in [3.8, 4) is 0 Å². The summed E-state index contributed by atoms with van der Waals surface area (Å²) in [6, 6.07) is 0. The molecule has 3 fully saturated rings. The molecule has 0 spiro atoms. The van der Waals surface area contributed by atoms with E-state index in [4.69, 9.17) is 0 Å². The number of carbonyl (C=O) groups is 1. The first-order valence-corrected chi connectivity index (χ1v) is 12.8. The van der Waals surface area contributed by atoms with Crippen LogP contribution in [0.3, 0.4) is 0 Å². The fraction of sp³-hybridized carbons (Fsp3) is 0.889. The molecule has 0 saturated heterocycles. The zero-order chi connectivity index (χ0) is 23.6. The molecule has 0 aromatic carbocycles. The lowest BCUT2D eigenvalue weighted by Crippen LogP contribution is -2.56. The first-order chi connectivity index (χ1) is 14.8. The molecule has 0 bridgehead atoms. The summed E-state index contributed by atoms with van der Waals surface area (Å²) in [5.74, 6) is 1.12. The summed E-state index contributed by atoms with van der Waals surface area (Å²) < 4.78 is 0. The van der Waals surface area contributed by atoms with Crippen LogP contribution in [0.1, 0.15) is 86.0 Å². The van der Waals surface area contributed by atoms with Crippen molar-refractivity contribution in [2.45, 2.75) is 110 Å². The third-order valence-electron chi connectivity index (χ3n) is 10.3. The van der Waals surface area contributed by atoms with Gasteiger partial charge < -0.3 is 20.4 Å². The van der Waals surface area contributed by atoms with E-state index in [1.165, 1.54) is 5.57 Å². The molecule has 5 nitrogen and oxygen atoms in total. The summed E-state index contributed by atoms with van der Waals surface area (Å²) in [6.45, 7) is 10.3. The number of carbonyl (C=O) groups excluding carboxylic acids is 1. The van der Waals surface area contributed by atoms with Crippen LogP contribution < -0.4 is 0 Å². The fourth-order valence-corrected chi connectivity index (χ4v) is 8.33. The number of hydrogen-bond acceptors (Lipinski definition) is 5. The van der Waals surface area contributed by atoms with Crippen LogP contribution in [0, 0.1) is 40.4 Å². The van der Waals surface area contributed by atoms with Crippen molar-refractivity contribution in [2.24, 2.45) is 40.4 Å². The summed E-state index contributed by atoms with van der Waals surface area (Å²) in [7, 11) is 0. The van der Waals surface area contributed by atoms with Crippen LogP contribution in [0.15, 0.2) is 11.6 Å². The van der Waals surface area contributed by atoms with E-state index in [1.54, 1.807) is 13.8 Å². The zero-order valence-corrected chi connectivity index (χ0v) is 20.6. The summed E-state index contributed by atoms with van der Waals surface area (Å²) in [5, 5.41) is 41.7. The predicted molar refractivity (Wildman–Crippen MR) is 124 cm³/mol. The van der Waals surface area contributed by atoms with Gasteiger partial charge in [0.05, 0.1) is 23.9 Å². The van der Waals surface area contributed by atoms with Crippen LogP contribution in [0.2, 0.25) is 0 Å². The molecular weight excluding hydrogens is 404 g/mol. The number of fused-ring (bicyclic) bond motifs is 5. The highest BCUT2D eigenvalue weighted by Crippen LogP contribution is 2.66. The molecule has 4 aliphatic carbocycles. The Morgan fingerprint density at radius 1 is 1.06 bits per heavy atom. The Labute approximate surface area is 193 Å². The highest BCUT2D eigenvalue weighted by Gasteiger charge is 2.61. The van der Waals surface area contributed by atoms with Crippen LogP contribution in [0.25, 0.3) is 0 Å². The van der Waals surface area contributed by atoms with E-state index < -0.39 is 23.9 Å². The van der Waals surface area contributed by atoms with Gasteiger partial charge in [0.15, 0.2) is 5.78 Å². The Bertz CT molecular complexity index is 768. The zero-order valence-electron chi connectivity index (χ0n) is 20.6. The summed E-state index contributed by atoms with van der Waals surface area (Å²) in [4.78, 5) is 13.2. The SMILES string of the molecule is CC(C(O)CCC(C)(C)O)C1CCC2C3=CC(=O)C4CC(O)C(O)CC4(C)C3CCC21C. The van der Waals surface area contributed by atoms with Gasteiger partial charge in [-0.1, -0.05) is 26.3 Å². The van der Waals surface area contributed by atoms with Crippen molar-refractivity contribution in [3.05, 3.63) is 11.6 Å². The molecule has 4 rings (SSSR count). The second-order valence-corrected chi connectivity index (χ2v) is 12.8. The first kappa shape index (κ1) is 24.4. The van der Waals surface area contributed by atoms with Crippen molar-refractivity contribution >= 4 is 5.78 Å². The van der Waals surface area contributed by atoms with Gasteiger partial charge in [0, 0.05) is 5.92 Å². The Kier molecular flexibility index (Phi) is 6.23. The second kappa shape index (κ2) is 8.18. The smallest absolute Gasteiger partial charge is 0.159 e. The van der Waals surface area contributed by atoms with E-state index in [0.717, 1.165) is 25.7 Å². The summed E-state index contributed by atoms with van der Waals surface area (Å²) >= 11 is 0. The van der Waals surface area contributed by atoms with Gasteiger partial charge in [0.25, 0.3) is 0 Å². The minimum atomic E-state index is -0.803. The Hall–Kier alpha value is -0.750. The first-order valence-electron chi connectivity index (χ1n) is 12.8. The predicted octanol–water partition coefficient (Wildman–Crippen LogP) is 3.62. The van der Waals surface area contributed by atoms with Gasteiger partial charge in [0.1, 0.15) is 0 Å². The molecule has 10 unspecified atom stereocenters. The van der Waals surface area contributed by atoms with Gasteiger partial charge in [0.2, 0.25) is 0 Å². The molecule has 4 N–H and O–H groups in total. The molecular formula is C27H44O5. The fourth-order valence-electron chi connectivity index (χ4n) is 8.33. The number of ketones is 1. The minimum Gasteiger partial charge on any atom is -0.393 e. The van der Waals surface area contributed by atoms with E-state index in [1.807, 2.05) is 6.08 Å². The van der Waals surface area contributed by atoms with Crippen molar-refractivity contribution in [1.29, 1.82) is 0 Å². The van der Waals surface area contributed by atoms with Gasteiger partial charge in [-0.2, -0.15) is 0 Å². The van der Waals surface area contributed by atoms with E-state index in [2.05, 4.69) is 20.8 Å². The molecule has 0 aliphatic heterocycles. The monoisotopic (exact) mass is 448 g/mol. The number of hydrogen-bond donors (Lipinski definition) is 4. The normalized spacial score (nSPS) is 46.0. The summed E-state index contributed by atoms with van der Waals surface area (Å²) in [6.07, 6.45) is 6.16. The van der Waals surface area contributed by atoms with Crippen LogP contribution in [0.5, 0.6) is 0 Å². The maximum atomic E-state index is 13.2. The Balaban J connectivity index is 1.57. The molecule has 10 atom stereocenters. The molecule has 0 aromatic heterocycles. The van der Waals surface area contributed by atoms with Gasteiger partial charge >= 0.3 is 0 Å². The molecule has 0 amide bonds. The van der Waals surface area contributed by atoms with Crippen LogP contribution in [0.4, 0.5) is 0 Å². The van der Waals surface area contributed by atoms with E-state index >= 15 is 0 Å². The molecule has 32 heavy (non-hydrogen) atoms. The van der Waals surface area contributed by atoms with Crippen molar-refractivity contribution in [1.82, 2.24) is 0 Å². The molecule has 182 valence electrons. The van der Waals surface area contributed by atoms with Gasteiger partial charge in [-0.3, -0.25) is 4.79 Å². The van der Waals surface area contributed by atoms with E-state index in [9.17, 15) is 25.2 Å². The number of rotatable bonds is 5. The molecule has 0 heterocycles. The molecule has 5 heteroatoms. The molecule has 4 aliphatic rings. The number of aliphatic hydroxyl groups is 4. The lowest BCUT2D eigenvalue weighted by Gasteiger charge is -2.57. The average molecular weight is 449 g/mol. The van der Waals surface area contributed by atoms with Gasteiger partial charge in [-0.25, -0.2) is 0 Å². The second-order valence-electron chi connectivity index (χ2n) is 12.8. The minimum absolute atomic E-state index is 0.0632. The highest BCUT2D eigenvalue weighted by molar-refractivity contribution is 5.94. The van der Waals surface area contributed by atoms with Crippen molar-refractivity contribution in [3.63, 3.8) is 0 Å². The lowest BCUT2D eigenvalue weighted by atomic mass is 9.47. The largest absolute Gasteiger partial charge is 0.393 e. The van der Waals surface area contributed by atoms with Crippen molar-refractivity contribution in [2.75, 3.05) is 0 Å². The van der Waals surface area contributed by atoms with Crippen molar-refractivity contribution < 1.29 is 25.2 Å². The third-order valence-corrected chi connectivity index (χ3v) is 10.3. The standard InChI is InChI=1S/C27H44O5/c1-15(21(28)9-10-25(2,3)32)17-6-7-18-16-12-22(29)20-13-23(30)24(31)14-27(20,5)19(16)8-11-26(17,18)4/h12,15,17-21,23-24,28,30-32H,6-11,13-14H2,1-5H3. The average Bonchev–Trinajstić information content (AvgIpc) is 3.04. The number of allylic oxidation sites excluding steroid dienone is 2. The molecule has 3 saturated carbocycles. The molecule has 0 radical (unpaired) electrons. The van der Waals surface area contributed by atoms with Crippen LogP contribution >= 0.6 is 0 Å². The maximum absolute atomic E-state index is 13.2. The third kappa shape index (κ3) is 3.91. The van der Waals surface area contributed by atoms with Gasteiger partial charge in [-0.15, -0.1) is 0 Å². The van der Waals surface area contributed by atoms with Gasteiger partial charge in [-0.05, 0) is 106 Å². The topological polar surface area (TPSA) is 98.0 Å². The highest BCUT2D eigenvalue weighted by atomic mass is 16.3. The lowest BCUT2D eigenvalue weighted by molar-refractivity contribution is -0.143. The molecule has 0 aromatic rings. The maximum Gasteiger partial charge on any atom is 0.159 e. The van der Waals surface area contributed by atoms with E-state index in [0.29, 0.717) is 43.4 Å². The Morgan fingerprint density at radius 3 is 2.38 bits per heavy atom. The van der Waals surface area contributed by atoms with E-state index in [-0.39, 0.29) is 28.4 Å². The van der Waals surface area contributed by atoms with Crippen LogP contribution in [-0.4, -0.2) is 50.1 Å².